The van der Waals surface area contributed by atoms with Crippen LogP contribution in [0.4, 0.5) is 0 Å². The lowest BCUT2D eigenvalue weighted by molar-refractivity contribution is -0.991. The molecule has 0 aliphatic heterocycles. The van der Waals surface area contributed by atoms with Crippen LogP contribution in [0.15, 0.2) is 36.4 Å². The van der Waals surface area contributed by atoms with Gasteiger partial charge in [-0.25, -0.2) is 4.48 Å². The maximum absolute atomic E-state index is 13.1. The van der Waals surface area contributed by atoms with Gasteiger partial charge in [0.05, 0.1) is 0 Å². The molecular formula is C33H47NO7. The van der Waals surface area contributed by atoms with Gasteiger partial charge < -0.3 is 34.3 Å². The van der Waals surface area contributed by atoms with Crippen molar-refractivity contribution in [2.24, 2.45) is 0 Å². The minimum atomic E-state index is 0.0670. The van der Waals surface area contributed by atoms with E-state index in [-0.39, 0.29) is 5.75 Å². The summed E-state index contributed by atoms with van der Waals surface area (Å²) in [6.07, 6.45) is 1.09. The zero-order valence-corrected chi connectivity index (χ0v) is 26.1. The van der Waals surface area contributed by atoms with Gasteiger partial charge in [-0.1, -0.05) is 53.1 Å². The molecule has 0 atom stereocenters. The summed E-state index contributed by atoms with van der Waals surface area (Å²) in [6.45, 7) is 11.5. The first-order chi connectivity index (χ1) is 19.4. The van der Waals surface area contributed by atoms with Crippen LogP contribution in [0.2, 0.25) is 0 Å². The van der Waals surface area contributed by atoms with Crippen molar-refractivity contribution in [3.63, 3.8) is 0 Å². The van der Waals surface area contributed by atoms with Crippen molar-refractivity contribution in [1.82, 2.24) is 0 Å². The Labute approximate surface area is 245 Å². The van der Waals surface area contributed by atoms with E-state index in [0.717, 1.165) is 50.1 Å². The molecule has 0 heterocycles. The van der Waals surface area contributed by atoms with E-state index >= 15 is 0 Å². The van der Waals surface area contributed by atoms with Gasteiger partial charge in [-0.05, 0) is 80.8 Å². The average molecular weight is 570 g/mol. The highest BCUT2D eigenvalue weighted by Gasteiger charge is 2.27. The number of phenolic OH excluding ortho intramolecular Hbond substituents is 2. The van der Waals surface area contributed by atoms with Crippen LogP contribution in [0.25, 0.3) is 0 Å². The number of methoxy groups -OCH3 is 4. The zero-order chi connectivity index (χ0) is 30.7. The van der Waals surface area contributed by atoms with Gasteiger partial charge in [0, 0.05) is 28.4 Å². The van der Waals surface area contributed by atoms with Gasteiger partial charge in [-0.15, -0.1) is 5.75 Å². The van der Waals surface area contributed by atoms with Gasteiger partial charge in [-0.2, -0.15) is 0 Å². The van der Waals surface area contributed by atoms with Crippen molar-refractivity contribution in [3.8, 4) is 17.2 Å². The molecule has 0 radical (unpaired) electrons. The Hall–Kier alpha value is -3.14. The summed E-state index contributed by atoms with van der Waals surface area (Å²) in [6, 6.07) is 11.7. The largest absolute Gasteiger partial charge is 0.872 e. The summed E-state index contributed by atoms with van der Waals surface area (Å²) in [4.78, 5) is 0. The molecule has 0 aliphatic carbocycles. The van der Waals surface area contributed by atoms with Crippen molar-refractivity contribution in [3.05, 3.63) is 86.5 Å². The first-order valence-corrected chi connectivity index (χ1v) is 13.6. The Kier molecular flexibility index (Phi) is 13.1. The second kappa shape index (κ2) is 15.7. The third-order valence-corrected chi connectivity index (χ3v) is 6.89. The Morgan fingerprint density at radius 2 is 0.854 bits per heavy atom. The monoisotopic (exact) mass is 569 g/mol. The predicted octanol–water partition coefficient (Wildman–Crippen LogP) is 5.11. The Balaban J connectivity index is 0.000000383. The zero-order valence-electron chi connectivity index (χ0n) is 26.1. The molecule has 0 spiro atoms. The first-order valence-electron chi connectivity index (χ1n) is 13.6. The minimum Gasteiger partial charge on any atom is -0.872 e. The van der Waals surface area contributed by atoms with E-state index in [1.54, 1.807) is 28.4 Å². The number of rotatable bonds is 12. The van der Waals surface area contributed by atoms with Gasteiger partial charge in [0.15, 0.2) is 26.9 Å². The molecule has 3 aromatic carbocycles. The lowest BCUT2D eigenvalue weighted by Crippen LogP contribution is -2.52. The third-order valence-electron chi connectivity index (χ3n) is 6.89. The molecule has 0 unspecified atom stereocenters. The molecule has 0 amide bonds. The van der Waals surface area contributed by atoms with Crippen molar-refractivity contribution in [1.29, 1.82) is 0 Å². The van der Waals surface area contributed by atoms with Crippen LogP contribution in [0.5, 0.6) is 17.2 Å². The van der Waals surface area contributed by atoms with Crippen molar-refractivity contribution in [2.75, 3.05) is 55.4 Å². The fraction of sp³-hybridized carbons (Fsp3) is 0.455. The molecule has 0 bridgehead atoms. The highest BCUT2D eigenvalue weighted by Crippen LogP contribution is 2.31. The maximum atomic E-state index is 13.1. The Morgan fingerprint density at radius 1 is 0.561 bits per heavy atom. The number of ether oxygens (including phenoxy) is 4. The topological polar surface area (TPSA) is 100 Å². The summed E-state index contributed by atoms with van der Waals surface area (Å²) in [7, 11) is 6.59. The molecule has 0 aliphatic rings. The molecule has 41 heavy (non-hydrogen) atoms. The summed E-state index contributed by atoms with van der Waals surface area (Å²) < 4.78 is 20.9. The molecule has 0 fully saturated rings. The number of nitrogens with zero attached hydrogens (tertiary/aromatic N) is 1. The normalized spacial score (nSPS) is 11.3. The van der Waals surface area contributed by atoms with Gasteiger partial charge in [-0.3, -0.25) is 0 Å². The molecule has 226 valence electrons. The lowest BCUT2D eigenvalue weighted by atomic mass is 9.93. The molecule has 3 aromatic rings. The molecule has 0 saturated heterocycles. The third kappa shape index (κ3) is 9.45. The van der Waals surface area contributed by atoms with Crippen LogP contribution < -0.4 is 5.11 Å². The number of hydrogen-bond donors (Lipinski definition) is 2. The van der Waals surface area contributed by atoms with E-state index in [9.17, 15) is 15.3 Å². The van der Waals surface area contributed by atoms with Crippen molar-refractivity contribution in [2.45, 2.75) is 47.5 Å². The molecule has 0 saturated carbocycles. The quantitative estimate of drug-likeness (QED) is 0.231. The number of aryl methyl sites for hydroxylation is 5. The van der Waals surface area contributed by atoms with Gasteiger partial charge >= 0.3 is 0 Å². The van der Waals surface area contributed by atoms with Crippen LogP contribution in [0, 0.1) is 34.6 Å². The standard InChI is InChI=1S/C25H28O3.C8H20NO4/c1-14-6-21(12-19-8-15(2)23(26)16(3)9-19)25(28)22(7-14)13-20-10-17(4)24(27)18(5)11-20;1-10-5-9(6-11-2,7-12-3)8-13-4/h6-11,26-28H,12-13H2,1-5H3;5-8H2,1-4H3/q;+1/p-1. The van der Waals surface area contributed by atoms with E-state index in [0.29, 0.717) is 55.7 Å². The number of hydrogen-bond acceptors (Lipinski definition) is 7. The first kappa shape index (κ1) is 34.1. The average Bonchev–Trinajstić information content (AvgIpc) is 2.89. The number of aromatic hydroxyl groups is 2. The van der Waals surface area contributed by atoms with E-state index in [4.69, 9.17) is 18.9 Å². The van der Waals surface area contributed by atoms with Crippen LogP contribution in [0.3, 0.4) is 0 Å². The van der Waals surface area contributed by atoms with Crippen molar-refractivity contribution < 1.29 is 38.8 Å². The fourth-order valence-electron chi connectivity index (χ4n) is 5.25. The molecular weight excluding hydrogens is 522 g/mol. The van der Waals surface area contributed by atoms with E-state index in [1.807, 2.05) is 71.0 Å². The summed E-state index contributed by atoms with van der Waals surface area (Å²) >= 11 is 0. The second-order valence-electron chi connectivity index (χ2n) is 10.9. The molecule has 3 rings (SSSR count). The second-order valence-corrected chi connectivity index (χ2v) is 10.9. The van der Waals surface area contributed by atoms with Crippen molar-refractivity contribution >= 4 is 0 Å². The van der Waals surface area contributed by atoms with Crippen LogP contribution in [-0.4, -0.2) is 70.1 Å². The van der Waals surface area contributed by atoms with Gasteiger partial charge in [0.25, 0.3) is 0 Å². The lowest BCUT2D eigenvalue weighted by Gasteiger charge is -2.34. The highest BCUT2D eigenvalue weighted by molar-refractivity contribution is 5.50. The molecule has 8 heteroatoms. The van der Waals surface area contributed by atoms with Crippen LogP contribution >= 0.6 is 0 Å². The minimum absolute atomic E-state index is 0.0670. The van der Waals surface area contributed by atoms with E-state index < -0.39 is 0 Å². The summed E-state index contributed by atoms with van der Waals surface area (Å²) in [5, 5.41) is 33.1. The van der Waals surface area contributed by atoms with Crippen LogP contribution in [0.1, 0.15) is 50.1 Å². The predicted molar refractivity (Wildman–Crippen MR) is 159 cm³/mol. The maximum Gasteiger partial charge on any atom is 0.188 e. The number of phenols is 2. The fourth-order valence-corrected chi connectivity index (χ4v) is 5.25. The summed E-state index contributed by atoms with van der Waals surface area (Å²) in [5.74, 6) is 0.695. The Bertz CT molecular complexity index is 1130. The molecule has 8 nitrogen and oxygen atoms in total. The summed E-state index contributed by atoms with van der Waals surface area (Å²) in [5.41, 5.74) is 7.95. The van der Waals surface area contributed by atoms with Gasteiger partial charge in [0.1, 0.15) is 11.5 Å². The smallest absolute Gasteiger partial charge is 0.188 e. The SMILES string of the molecule is COC[N+](COC)(COC)COC.Cc1cc(Cc2cc(C)c(O)c(C)c2)c([O-])c(Cc2cc(C)c(O)c(C)c2)c1. The van der Waals surface area contributed by atoms with Crippen LogP contribution in [-0.2, 0) is 31.8 Å². The highest BCUT2D eigenvalue weighted by atomic mass is 16.6. The molecule has 2 N–H and O–H groups in total. The van der Waals surface area contributed by atoms with E-state index in [2.05, 4.69) is 0 Å². The number of quaternary nitrogens is 1. The van der Waals surface area contributed by atoms with Gasteiger partial charge in [0.2, 0.25) is 0 Å². The van der Waals surface area contributed by atoms with E-state index in [1.165, 1.54) is 0 Å². The molecule has 0 aromatic heterocycles. The Morgan fingerprint density at radius 3 is 1.12 bits per heavy atom. The number of benzene rings is 3.